The average molecular weight is 636 g/mol. The summed E-state index contributed by atoms with van der Waals surface area (Å²) in [6, 6.07) is 39.3. The van der Waals surface area contributed by atoms with Gasteiger partial charge in [-0.05, 0) is 99.9 Å². The summed E-state index contributed by atoms with van der Waals surface area (Å²) in [6.07, 6.45) is 17.7. The summed E-state index contributed by atoms with van der Waals surface area (Å²) in [5, 5.41) is 2.55. The van der Waals surface area contributed by atoms with Crippen LogP contribution in [0.25, 0.3) is 28.5 Å². The Kier molecular flexibility index (Phi) is 7.68. The molecule has 8 rings (SSSR count). The summed E-state index contributed by atoms with van der Waals surface area (Å²) in [7, 11) is 0. The number of fused-ring (bicyclic) bond motifs is 9. The van der Waals surface area contributed by atoms with Crippen LogP contribution in [0.2, 0.25) is 0 Å². The van der Waals surface area contributed by atoms with Gasteiger partial charge >= 0.3 is 0 Å². The molecule has 0 N–H and O–H groups in total. The standard InChI is InChI=1S/C48H45N/c1-6-8-17-33(3)49(7-2)45-27-16-20-35-18-15-19-36(46(35)45)30-28-34-29-31-40-38(32-34)37-21-9-10-22-39(37)48(40)43-25-13-11-23-41(43)47(4,5)42-24-12-14-26-44(42)48/h6,8-9,11-21,23-33H,1,7,10,22H2,2-5H3/b17-8-,30-28?. The van der Waals surface area contributed by atoms with Crippen LogP contribution in [0.3, 0.4) is 0 Å². The van der Waals surface area contributed by atoms with Gasteiger partial charge in [0.25, 0.3) is 0 Å². The molecule has 0 heterocycles. The number of anilines is 1. The molecule has 1 heteroatoms. The van der Waals surface area contributed by atoms with Crippen molar-refractivity contribution in [2.75, 3.05) is 11.4 Å². The molecule has 0 radical (unpaired) electrons. The molecule has 5 aromatic carbocycles. The minimum Gasteiger partial charge on any atom is -0.365 e. The van der Waals surface area contributed by atoms with Crippen molar-refractivity contribution in [2.24, 2.45) is 0 Å². The predicted octanol–water partition coefficient (Wildman–Crippen LogP) is 12.1. The van der Waals surface area contributed by atoms with Gasteiger partial charge in [-0.2, -0.15) is 0 Å². The Morgan fingerprint density at radius 1 is 0.796 bits per heavy atom. The highest BCUT2D eigenvalue weighted by Crippen LogP contribution is 2.62. The smallest absolute Gasteiger partial charge is 0.0682 e. The third kappa shape index (κ3) is 4.66. The van der Waals surface area contributed by atoms with E-state index in [4.69, 9.17) is 0 Å². The van der Waals surface area contributed by atoms with E-state index in [0.717, 1.165) is 19.4 Å². The maximum atomic E-state index is 3.88. The van der Waals surface area contributed by atoms with Crippen LogP contribution in [0.15, 0.2) is 146 Å². The van der Waals surface area contributed by atoms with Crippen LogP contribution < -0.4 is 4.90 Å². The van der Waals surface area contributed by atoms with Crippen molar-refractivity contribution >= 4 is 34.2 Å². The van der Waals surface area contributed by atoms with Crippen molar-refractivity contribution in [1.82, 2.24) is 0 Å². The van der Waals surface area contributed by atoms with E-state index in [1.54, 1.807) is 5.57 Å². The summed E-state index contributed by atoms with van der Waals surface area (Å²) in [5.41, 5.74) is 14.9. The summed E-state index contributed by atoms with van der Waals surface area (Å²) >= 11 is 0. The summed E-state index contributed by atoms with van der Waals surface area (Å²) in [4.78, 5) is 2.47. The van der Waals surface area contributed by atoms with Crippen molar-refractivity contribution in [3.05, 3.63) is 190 Å². The molecule has 242 valence electrons. The lowest BCUT2D eigenvalue weighted by molar-refractivity contribution is 0.550. The predicted molar refractivity (Wildman–Crippen MR) is 211 cm³/mol. The fourth-order valence-corrected chi connectivity index (χ4v) is 9.23. The molecule has 0 saturated carbocycles. The van der Waals surface area contributed by atoms with E-state index in [1.165, 1.54) is 66.5 Å². The maximum absolute atomic E-state index is 3.88. The topological polar surface area (TPSA) is 3.24 Å². The molecule has 0 aromatic heterocycles. The number of nitrogens with zero attached hydrogens (tertiary/aromatic N) is 1. The first kappa shape index (κ1) is 31.1. The number of likely N-dealkylation sites (N-methyl/N-ethyl adjacent to an activating group) is 1. The van der Waals surface area contributed by atoms with Crippen molar-refractivity contribution in [2.45, 2.75) is 57.4 Å². The Bertz CT molecular complexity index is 2180. The van der Waals surface area contributed by atoms with Gasteiger partial charge in [0.2, 0.25) is 0 Å². The van der Waals surface area contributed by atoms with Crippen molar-refractivity contribution in [1.29, 1.82) is 0 Å². The Labute approximate surface area is 292 Å². The highest BCUT2D eigenvalue weighted by molar-refractivity contribution is 6.02. The molecule has 5 aromatic rings. The van der Waals surface area contributed by atoms with Gasteiger partial charge in [0.15, 0.2) is 0 Å². The monoisotopic (exact) mass is 635 g/mol. The maximum Gasteiger partial charge on any atom is 0.0682 e. The summed E-state index contributed by atoms with van der Waals surface area (Å²) < 4.78 is 0. The van der Waals surface area contributed by atoms with Gasteiger partial charge in [-0.15, -0.1) is 0 Å². The van der Waals surface area contributed by atoms with E-state index in [9.17, 15) is 0 Å². The van der Waals surface area contributed by atoms with Crippen LogP contribution in [0.5, 0.6) is 0 Å². The Balaban J connectivity index is 1.28. The normalized spacial score (nSPS) is 17.3. The van der Waals surface area contributed by atoms with Crippen molar-refractivity contribution in [3.63, 3.8) is 0 Å². The first-order valence-electron chi connectivity index (χ1n) is 17.9. The van der Waals surface area contributed by atoms with Gasteiger partial charge in [0.1, 0.15) is 0 Å². The second-order valence-corrected chi connectivity index (χ2v) is 14.3. The van der Waals surface area contributed by atoms with E-state index in [1.807, 2.05) is 12.2 Å². The molecule has 3 aliphatic rings. The number of rotatable bonds is 7. The molecule has 0 bridgehead atoms. The quantitative estimate of drug-likeness (QED) is 0.127. The van der Waals surface area contributed by atoms with Crippen LogP contribution in [0, 0.1) is 0 Å². The van der Waals surface area contributed by atoms with Crippen LogP contribution in [-0.4, -0.2) is 12.6 Å². The molecule has 0 aliphatic heterocycles. The minimum absolute atomic E-state index is 0.0699. The molecular formula is C48H45N. The Morgan fingerprint density at radius 3 is 2.18 bits per heavy atom. The van der Waals surface area contributed by atoms with Crippen molar-refractivity contribution < 1.29 is 0 Å². The zero-order valence-corrected chi connectivity index (χ0v) is 29.2. The molecule has 0 amide bonds. The second kappa shape index (κ2) is 12.1. The first-order valence-corrected chi connectivity index (χ1v) is 17.9. The lowest BCUT2D eigenvalue weighted by Gasteiger charge is -2.47. The molecule has 1 spiro atoms. The van der Waals surface area contributed by atoms with E-state index in [0.29, 0.717) is 0 Å². The number of benzene rings is 5. The van der Waals surface area contributed by atoms with E-state index in [-0.39, 0.29) is 16.9 Å². The van der Waals surface area contributed by atoms with Crippen LogP contribution in [0.4, 0.5) is 5.69 Å². The summed E-state index contributed by atoms with van der Waals surface area (Å²) in [5.74, 6) is 0. The van der Waals surface area contributed by atoms with Crippen LogP contribution in [0.1, 0.15) is 85.0 Å². The fourth-order valence-electron chi connectivity index (χ4n) is 9.23. The Morgan fingerprint density at radius 2 is 1.49 bits per heavy atom. The van der Waals surface area contributed by atoms with Gasteiger partial charge in [-0.25, -0.2) is 0 Å². The second-order valence-electron chi connectivity index (χ2n) is 14.3. The van der Waals surface area contributed by atoms with Gasteiger partial charge in [0.05, 0.1) is 5.41 Å². The SMILES string of the molecule is C=C/C=C\C(C)N(CC)c1cccc2cccc(C=Cc3ccc4c(c3)C3=C(CCC=C3)C43c4ccccc4C(C)(C)c4ccccc43)c12. The lowest BCUT2D eigenvalue weighted by Crippen LogP contribution is -2.41. The van der Waals surface area contributed by atoms with E-state index in [2.05, 4.69) is 173 Å². The molecule has 49 heavy (non-hydrogen) atoms. The fraction of sp³-hybridized carbons (Fsp3) is 0.208. The number of hydrogen-bond acceptors (Lipinski definition) is 1. The first-order chi connectivity index (χ1) is 23.9. The van der Waals surface area contributed by atoms with E-state index < -0.39 is 0 Å². The van der Waals surface area contributed by atoms with Crippen LogP contribution in [-0.2, 0) is 10.8 Å². The zero-order valence-electron chi connectivity index (χ0n) is 29.2. The van der Waals surface area contributed by atoms with Gasteiger partial charge in [-0.3, -0.25) is 0 Å². The lowest BCUT2D eigenvalue weighted by atomic mass is 9.54. The average Bonchev–Trinajstić information content (AvgIpc) is 3.43. The minimum atomic E-state index is -0.273. The summed E-state index contributed by atoms with van der Waals surface area (Å²) in [6.45, 7) is 14.1. The highest BCUT2D eigenvalue weighted by atomic mass is 15.1. The van der Waals surface area contributed by atoms with Crippen LogP contribution >= 0.6 is 0 Å². The highest BCUT2D eigenvalue weighted by Gasteiger charge is 2.53. The third-order valence-electron chi connectivity index (χ3n) is 11.4. The van der Waals surface area contributed by atoms with Gasteiger partial charge in [0, 0.05) is 29.1 Å². The molecule has 1 atom stereocenters. The zero-order chi connectivity index (χ0) is 33.8. The third-order valence-corrected chi connectivity index (χ3v) is 11.4. The van der Waals surface area contributed by atoms with E-state index >= 15 is 0 Å². The molecule has 1 nitrogen and oxygen atoms in total. The molecule has 1 unspecified atom stereocenters. The molecule has 0 fully saturated rings. The molecule has 3 aliphatic carbocycles. The largest absolute Gasteiger partial charge is 0.365 e. The number of hydrogen-bond donors (Lipinski definition) is 0. The van der Waals surface area contributed by atoms with Crippen molar-refractivity contribution in [3.8, 4) is 0 Å². The molecular weight excluding hydrogens is 591 g/mol. The molecule has 0 saturated heterocycles. The number of allylic oxidation sites excluding steroid dienone is 6. The van der Waals surface area contributed by atoms with Gasteiger partial charge in [-0.1, -0.05) is 154 Å². The Hall–Kier alpha value is -5.14. The van der Waals surface area contributed by atoms with Gasteiger partial charge < -0.3 is 4.90 Å².